The van der Waals surface area contributed by atoms with Crippen LogP contribution in [0.3, 0.4) is 0 Å². The predicted octanol–water partition coefficient (Wildman–Crippen LogP) is 1.04. The molecule has 6 heteroatoms. The number of carbonyl (C=O) groups is 1. The summed E-state index contributed by atoms with van der Waals surface area (Å²) in [6.45, 7) is 4.40. The number of carbonyl (C=O) groups excluding carboxylic acids is 1. The quantitative estimate of drug-likeness (QED) is 0.734. The molecule has 3 N–H and O–H groups in total. The zero-order chi connectivity index (χ0) is 11.6. The normalized spacial score (nSPS) is 16.6. The first kappa shape index (κ1) is 13.2. The van der Waals surface area contributed by atoms with E-state index in [4.69, 9.17) is 5.73 Å². The van der Waals surface area contributed by atoms with E-state index in [1.807, 2.05) is 0 Å². The average molecular weight is 212 g/mol. The fourth-order valence-electron chi connectivity index (χ4n) is 0.609. The lowest BCUT2D eigenvalue weighted by atomic mass is 10.0. The minimum atomic E-state index is -4.73. The Morgan fingerprint density at radius 3 is 2.14 bits per heavy atom. The molecule has 0 aromatic rings. The van der Waals surface area contributed by atoms with Crippen molar-refractivity contribution in [3.05, 3.63) is 0 Å². The summed E-state index contributed by atoms with van der Waals surface area (Å²) in [6, 6.07) is 0. The average Bonchev–Trinajstić information content (AvgIpc) is 1.97. The third-order valence-corrected chi connectivity index (χ3v) is 1.73. The lowest BCUT2D eigenvalue weighted by Gasteiger charge is -2.26. The summed E-state index contributed by atoms with van der Waals surface area (Å²) >= 11 is 0. The fraction of sp³-hybridized carbons (Fsp3) is 0.875. The van der Waals surface area contributed by atoms with Crippen LogP contribution in [0.15, 0.2) is 0 Å². The Kier molecular flexibility index (Phi) is 3.93. The molecule has 3 nitrogen and oxygen atoms in total. The van der Waals surface area contributed by atoms with Gasteiger partial charge in [-0.05, 0) is 12.8 Å². The molecule has 1 unspecified atom stereocenters. The van der Waals surface area contributed by atoms with E-state index in [9.17, 15) is 18.0 Å². The smallest absolute Gasteiger partial charge is 0.354 e. The van der Waals surface area contributed by atoms with Crippen molar-refractivity contribution < 1.29 is 18.0 Å². The third kappa shape index (κ3) is 3.17. The highest BCUT2D eigenvalue weighted by molar-refractivity contribution is 5.86. The van der Waals surface area contributed by atoms with Gasteiger partial charge in [-0.3, -0.25) is 4.79 Å². The van der Waals surface area contributed by atoms with E-state index in [1.54, 1.807) is 13.8 Å². The van der Waals surface area contributed by atoms with Crippen LogP contribution in [0, 0.1) is 5.92 Å². The molecule has 0 aliphatic carbocycles. The van der Waals surface area contributed by atoms with E-state index < -0.39 is 17.6 Å². The largest absolute Gasteiger partial charge is 0.415 e. The van der Waals surface area contributed by atoms with Crippen molar-refractivity contribution in [1.29, 1.82) is 0 Å². The number of rotatable bonds is 3. The van der Waals surface area contributed by atoms with E-state index >= 15 is 0 Å². The number of hydrogen-bond donors (Lipinski definition) is 2. The summed E-state index contributed by atoms with van der Waals surface area (Å²) in [4.78, 5) is 11.1. The maximum absolute atomic E-state index is 12.2. The van der Waals surface area contributed by atoms with Crippen LogP contribution in [0.5, 0.6) is 0 Å². The molecule has 0 aliphatic rings. The summed E-state index contributed by atoms with van der Waals surface area (Å²) in [6.07, 6.45) is -4.73. The van der Waals surface area contributed by atoms with Gasteiger partial charge < -0.3 is 11.1 Å². The van der Waals surface area contributed by atoms with Crippen LogP contribution in [0.25, 0.3) is 0 Å². The zero-order valence-electron chi connectivity index (χ0n) is 8.40. The second kappa shape index (κ2) is 4.16. The highest BCUT2D eigenvalue weighted by Gasteiger charge is 2.53. The number of hydrogen-bond acceptors (Lipinski definition) is 2. The molecule has 0 bridgehead atoms. The molecule has 0 rings (SSSR count). The Morgan fingerprint density at radius 2 is 1.86 bits per heavy atom. The monoisotopic (exact) mass is 212 g/mol. The Morgan fingerprint density at radius 1 is 1.43 bits per heavy atom. The van der Waals surface area contributed by atoms with Crippen LogP contribution in [-0.4, -0.2) is 24.2 Å². The Bertz CT molecular complexity index is 211. The summed E-state index contributed by atoms with van der Waals surface area (Å²) < 4.78 is 36.7. The predicted molar refractivity (Wildman–Crippen MR) is 46.5 cm³/mol. The Labute approximate surface area is 80.8 Å². The van der Waals surface area contributed by atoms with Gasteiger partial charge in [-0.15, -0.1) is 0 Å². The van der Waals surface area contributed by atoms with Gasteiger partial charge in [-0.1, -0.05) is 13.8 Å². The lowest BCUT2D eigenvalue weighted by molar-refractivity contribution is -0.187. The first-order chi connectivity index (χ1) is 6.09. The Balaban J connectivity index is 4.38. The molecule has 0 fully saturated rings. The van der Waals surface area contributed by atoms with Gasteiger partial charge in [0, 0.05) is 6.54 Å². The van der Waals surface area contributed by atoms with Gasteiger partial charge in [0.2, 0.25) is 5.91 Å². The molecule has 0 saturated heterocycles. The van der Waals surface area contributed by atoms with Gasteiger partial charge >= 0.3 is 6.18 Å². The third-order valence-electron chi connectivity index (χ3n) is 1.73. The highest BCUT2D eigenvalue weighted by atomic mass is 19.4. The van der Waals surface area contributed by atoms with Crippen molar-refractivity contribution in [2.45, 2.75) is 32.5 Å². The van der Waals surface area contributed by atoms with Gasteiger partial charge in [0.05, 0.1) is 0 Å². The number of amides is 1. The van der Waals surface area contributed by atoms with Gasteiger partial charge in [-0.25, -0.2) is 0 Å². The van der Waals surface area contributed by atoms with Crippen molar-refractivity contribution >= 4 is 5.91 Å². The first-order valence-corrected chi connectivity index (χ1v) is 4.23. The molecule has 0 saturated carbocycles. The van der Waals surface area contributed by atoms with Gasteiger partial charge in [0.25, 0.3) is 0 Å². The molecule has 0 aromatic carbocycles. The second-order valence-electron chi connectivity index (χ2n) is 3.80. The van der Waals surface area contributed by atoms with Crippen molar-refractivity contribution in [3.8, 4) is 0 Å². The van der Waals surface area contributed by atoms with Crippen LogP contribution < -0.4 is 11.1 Å². The highest BCUT2D eigenvalue weighted by Crippen LogP contribution is 2.27. The molecular weight excluding hydrogens is 197 g/mol. The van der Waals surface area contributed by atoms with E-state index in [-0.39, 0.29) is 12.5 Å². The maximum Gasteiger partial charge on any atom is 0.415 e. The molecular formula is C8H15F3N2O. The topological polar surface area (TPSA) is 55.1 Å². The van der Waals surface area contributed by atoms with Crippen molar-refractivity contribution in [2.24, 2.45) is 11.7 Å². The molecule has 0 spiro atoms. The standard InChI is InChI=1S/C8H15F3N2O/c1-5(2)4-13-6(14)7(3,12)8(9,10)11/h5H,4,12H2,1-3H3,(H,13,14). The van der Waals surface area contributed by atoms with Crippen LogP contribution >= 0.6 is 0 Å². The summed E-state index contributed by atoms with van der Waals surface area (Å²) in [7, 11) is 0. The number of nitrogens with one attached hydrogen (secondary N) is 1. The summed E-state index contributed by atoms with van der Waals surface area (Å²) in [5.41, 5.74) is 2.07. The molecule has 0 aromatic heterocycles. The maximum atomic E-state index is 12.2. The fourth-order valence-corrected chi connectivity index (χ4v) is 0.609. The van der Waals surface area contributed by atoms with E-state index in [0.717, 1.165) is 0 Å². The number of alkyl halides is 3. The first-order valence-electron chi connectivity index (χ1n) is 4.23. The minimum Gasteiger partial charge on any atom is -0.354 e. The summed E-state index contributed by atoms with van der Waals surface area (Å²) in [5, 5.41) is 2.14. The molecule has 0 radical (unpaired) electrons. The van der Waals surface area contributed by atoms with Gasteiger partial charge in [0.15, 0.2) is 5.54 Å². The van der Waals surface area contributed by atoms with E-state index in [2.05, 4.69) is 5.32 Å². The second-order valence-corrected chi connectivity index (χ2v) is 3.80. The molecule has 14 heavy (non-hydrogen) atoms. The number of nitrogens with two attached hydrogens (primary N) is 1. The van der Waals surface area contributed by atoms with Crippen LogP contribution in [0.4, 0.5) is 13.2 Å². The Hall–Kier alpha value is -0.780. The zero-order valence-corrected chi connectivity index (χ0v) is 8.40. The molecule has 84 valence electrons. The van der Waals surface area contributed by atoms with Crippen LogP contribution in [0.1, 0.15) is 20.8 Å². The van der Waals surface area contributed by atoms with Crippen molar-refractivity contribution in [2.75, 3.05) is 6.54 Å². The minimum absolute atomic E-state index is 0.0861. The van der Waals surface area contributed by atoms with Gasteiger partial charge in [0.1, 0.15) is 0 Å². The van der Waals surface area contributed by atoms with E-state index in [0.29, 0.717) is 6.92 Å². The lowest BCUT2D eigenvalue weighted by Crippen LogP contribution is -2.61. The van der Waals surface area contributed by atoms with Crippen LogP contribution in [-0.2, 0) is 4.79 Å². The van der Waals surface area contributed by atoms with Crippen molar-refractivity contribution in [1.82, 2.24) is 5.32 Å². The van der Waals surface area contributed by atoms with E-state index in [1.165, 1.54) is 0 Å². The summed E-state index contributed by atoms with van der Waals surface area (Å²) in [5.74, 6) is -1.11. The van der Waals surface area contributed by atoms with Gasteiger partial charge in [-0.2, -0.15) is 13.2 Å². The SMILES string of the molecule is CC(C)CNC(=O)C(C)(N)C(F)(F)F. The van der Waals surface area contributed by atoms with Crippen molar-refractivity contribution in [3.63, 3.8) is 0 Å². The molecule has 0 aliphatic heterocycles. The number of halogens is 3. The molecule has 1 amide bonds. The van der Waals surface area contributed by atoms with Crippen LogP contribution in [0.2, 0.25) is 0 Å². The molecule has 0 heterocycles. The molecule has 1 atom stereocenters.